The summed E-state index contributed by atoms with van der Waals surface area (Å²) in [5, 5.41) is 4.02. The van der Waals surface area contributed by atoms with Gasteiger partial charge >= 0.3 is 0 Å². The third kappa shape index (κ3) is 7.27. The van der Waals surface area contributed by atoms with E-state index in [1.165, 1.54) is 5.56 Å². The molecule has 0 heterocycles. The van der Waals surface area contributed by atoms with E-state index in [2.05, 4.69) is 36.5 Å². The van der Waals surface area contributed by atoms with Crippen LogP contribution in [0.25, 0.3) is 0 Å². The van der Waals surface area contributed by atoms with Gasteiger partial charge in [-0.15, -0.1) is 0 Å². The van der Waals surface area contributed by atoms with Crippen LogP contribution in [0.3, 0.4) is 0 Å². The van der Waals surface area contributed by atoms with Crippen LogP contribution in [-0.4, -0.2) is 25.3 Å². The predicted octanol–water partition coefficient (Wildman–Crippen LogP) is 5.81. The molecule has 0 aliphatic heterocycles. The van der Waals surface area contributed by atoms with E-state index in [-0.39, 0.29) is 5.91 Å². The molecule has 32 heavy (non-hydrogen) atoms. The largest absolute Gasteiger partial charge is 0.493 e. The first-order valence-corrected chi connectivity index (χ1v) is 11.0. The lowest BCUT2D eigenvalue weighted by Gasteiger charge is -2.11. The molecule has 0 spiro atoms. The Morgan fingerprint density at radius 1 is 0.938 bits per heavy atom. The summed E-state index contributed by atoms with van der Waals surface area (Å²) in [6, 6.07) is 24.9. The molecule has 1 amide bonds. The molecule has 0 aliphatic rings. The van der Waals surface area contributed by atoms with E-state index in [1.807, 2.05) is 54.6 Å². The fourth-order valence-electron chi connectivity index (χ4n) is 3.07. The maximum atomic E-state index is 12.0. The highest BCUT2D eigenvalue weighted by atomic mass is 16.5. The minimum atomic E-state index is -0.247. The lowest BCUT2D eigenvalue weighted by atomic mass is 9.99. The van der Waals surface area contributed by atoms with Gasteiger partial charge in [-0.05, 0) is 59.9 Å². The Balaban J connectivity index is 1.39. The number of ether oxygens (including phenoxy) is 2. The Hall–Kier alpha value is -3.60. The number of rotatable bonds is 11. The summed E-state index contributed by atoms with van der Waals surface area (Å²) in [6.45, 7) is 5.57. The van der Waals surface area contributed by atoms with Gasteiger partial charge in [0.15, 0.2) is 0 Å². The minimum Gasteiger partial charge on any atom is -0.493 e. The van der Waals surface area contributed by atoms with E-state index in [4.69, 9.17) is 9.47 Å². The Kier molecular flexibility index (Phi) is 8.87. The Morgan fingerprint density at radius 3 is 2.38 bits per heavy atom. The first-order valence-electron chi connectivity index (χ1n) is 11.0. The van der Waals surface area contributed by atoms with Crippen LogP contribution in [0.2, 0.25) is 0 Å². The van der Waals surface area contributed by atoms with Crippen molar-refractivity contribution in [2.75, 3.05) is 13.2 Å². The normalized spacial score (nSPS) is 11.8. The molecule has 0 unspecified atom stereocenters. The molecule has 5 nitrogen and oxygen atoms in total. The molecule has 0 saturated heterocycles. The molecule has 0 bridgehead atoms. The monoisotopic (exact) mass is 430 g/mol. The zero-order chi connectivity index (χ0) is 22.6. The molecule has 166 valence electrons. The number of hydrogen-bond donors (Lipinski definition) is 1. The van der Waals surface area contributed by atoms with E-state index in [0.29, 0.717) is 24.7 Å². The van der Waals surface area contributed by atoms with Crippen molar-refractivity contribution in [1.29, 1.82) is 0 Å². The van der Waals surface area contributed by atoms with Gasteiger partial charge in [0.2, 0.25) is 0 Å². The Labute approximate surface area is 190 Å². The molecule has 0 fully saturated rings. The highest BCUT2D eigenvalue weighted by molar-refractivity contribution is 5.94. The summed E-state index contributed by atoms with van der Waals surface area (Å²) in [6.07, 6.45) is 3.51. The summed E-state index contributed by atoms with van der Waals surface area (Å²) in [5.74, 6) is 1.95. The molecule has 3 aromatic carbocycles. The lowest BCUT2D eigenvalue weighted by molar-refractivity contribution is 0.0955. The van der Waals surface area contributed by atoms with E-state index >= 15 is 0 Å². The molecule has 3 rings (SSSR count). The number of nitrogens with zero attached hydrogens (tertiary/aromatic N) is 1. The van der Waals surface area contributed by atoms with Gasteiger partial charge in [-0.3, -0.25) is 4.79 Å². The van der Waals surface area contributed by atoms with Crippen LogP contribution in [0, 0.1) is 0 Å². The van der Waals surface area contributed by atoms with E-state index in [1.54, 1.807) is 18.3 Å². The van der Waals surface area contributed by atoms with Gasteiger partial charge in [0.1, 0.15) is 11.5 Å². The van der Waals surface area contributed by atoms with Crippen LogP contribution in [0.1, 0.15) is 54.1 Å². The molecular weight excluding hydrogens is 400 g/mol. The number of carbonyl (C=O) groups is 1. The van der Waals surface area contributed by atoms with Gasteiger partial charge in [-0.2, -0.15) is 5.10 Å². The predicted molar refractivity (Wildman–Crippen MR) is 129 cm³/mol. The zero-order valence-electron chi connectivity index (χ0n) is 18.7. The standard InChI is InChI=1S/C27H30N2O3/c1-3-21(2)23-13-15-25(16-14-23)31-17-8-18-32-26-12-7-9-22(19-26)20-28-29-27(30)24-10-5-4-6-11-24/h4-7,9-16,19-21H,3,8,17-18H2,1-2H3,(H,29,30)/b28-20-/t21-/m1/s1. The second kappa shape index (κ2) is 12.3. The first kappa shape index (κ1) is 23.1. The summed E-state index contributed by atoms with van der Waals surface area (Å²) in [7, 11) is 0. The number of hydrazone groups is 1. The number of nitrogens with one attached hydrogen (secondary N) is 1. The second-order valence-corrected chi connectivity index (χ2v) is 7.57. The fraction of sp³-hybridized carbons (Fsp3) is 0.259. The summed E-state index contributed by atoms with van der Waals surface area (Å²) in [5.41, 5.74) is 5.27. The molecule has 0 aliphatic carbocycles. The molecular formula is C27H30N2O3. The quantitative estimate of drug-likeness (QED) is 0.237. The number of benzene rings is 3. The first-order chi connectivity index (χ1) is 15.7. The van der Waals surface area contributed by atoms with Crippen molar-refractivity contribution in [2.45, 2.75) is 32.6 Å². The van der Waals surface area contributed by atoms with Crippen molar-refractivity contribution < 1.29 is 14.3 Å². The van der Waals surface area contributed by atoms with Gasteiger partial charge in [0.25, 0.3) is 5.91 Å². The van der Waals surface area contributed by atoms with Crippen molar-refractivity contribution in [3.05, 3.63) is 95.6 Å². The third-order valence-corrected chi connectivity index (χ3v) is 5.16. The molecule has 0 radical (unpaired) electrons. The Bertz CT molecular complexity index is 1000. The van der Waals surface area contributed by atoms with Crippen molar-refractivity contribution >= 4 is 12.1 Å². The van der Waals surface area contributed by atoms with Crippen LogP contribution in [0.4, 0.5) is 0 Å². The maximum absolute atomic E-state index is 12.0. The Morgan fingerprint density at radius 2 is 1.66 bits per heavy atom. The highest BCUT2D eigenvalue weighted by Crippen LogP contribution is 2.21. The van der Waals surface area contributed by atoms with Gasteiger partial charge in [-0.25, -0.2) is 5.43 Å². The van der Waals surface area contributed by atoms with Gasteiger partial charge in [0, 0.05) is 12.0 Å². The smallest absolute Gasteiger partial charge is 0.271 e. The number of carbonyl (C=O) groups excluding carboxylic acids is 1. The summed E-state index contributed by atoms with van der Waals surface area (Å²) >= 11 is 0. The van der Waals surface area contributed by atoms with Crippen LogP contribution in [0.15, 0.2) is 84.0 Å². The molecule has 1 atom stereocenters. The molecule has 0 aromatic heterocycles. The fourth-order valence-corrected chi connectivity index (χ4v) is 3.07. The van der Waals surface area contributed by atoms with Crippen molar-refractivity contribution in [2.24, 2.45) is 5.10 Å². The molecule has 0 saturated carbocycles. The van der Waals surface area contributed by atoms with E-state index in [9.17, 15) is 4.79 Å². The summed E-state index contributed by atoms with van der Waals surface area (Å²) < 4.78 is 11.6. The van der Waals surface area contributed by atoms with Crippen molar-refractivity contribution in [3.63, 3.8) is 0 Å². The van der Waals surface area contributed by atoms with Crippen molar-refractivity contribution in [3.8, 4) is 11.5 Å². The summed E-state index contributed by atoms with van der Waals surface area (Å²) in [4.78, 5) is 12.0. The molecule has 1 N–H and O–H groups in total. The van der Waals surface area contributed by atoms with Gasteiger partial charge in [0.05, 0.1) is 19.4 Å². The minimum absolute atomic E-state index is 0.247. The van der Waals surface area contributed by atoms with E-state index in [0.717, 1.165) is 29.9 Å². The van der Waals surface area contributed by atoms with Crippen LogP contribution in [-0.2, 0) is 0 Å². The van der Waals surface area contributed by atoms with Gasteiger partial charge in [-0.1, -0.05) is 56.3 Å². The van der Waals surface area contributed by atoms with Crippen LogP contribution in [0.5, 0.6) is 11.5 Å². The number of amides is 1. The lowest BCUT2D eigenvalue weighted by Crippen LogP contribution is -2.17. The second-order valence-electron chi connectivity index (χ2n) is 7.57. The maximum Gasteiger partial charge on any atom is 0.271 e. The topological polar surface area (TPSA) is 59.9 Å². The average Bonchev–Trinajstić information content (AvgIpc) is 2.84. The highest BCUT2D eigenvalue weighted by Gasteiger charge is 2.03. The van der Waals surface area contributed by atoms with Crippen LogP contribution >= 0.6 is 0 Å². The molecule has 5 heteroatoms. The SMILES string of the molecule is CC[C@@H](C)c1ccc(OCCCOc2cccc(/C=N\NC(=O)c3ccccc3)c2)cc1. The van der Waals surface area contributed by atoms with Crippen LogP contribution < -0.4 is 14.9 Å². The third-order valence-electron chi connectivity index (χ3n) is 5.16. The van der Waals surface area contributed by atoms with Crippen molar-refractivity contribution in [1.82, 2.24) is 5.43 Å². The zero-order valence-corrected chi connectivity index (χ0v) is 18.7. The average molecular weight is 431 g/mol. The molecule has 3 aromatic rings. The van der Waals surface area contributed by atoms with Gasteiger partial charge < -0.3 is 9.47 Å². The van der Waals surface area contributed by atoms with E-state index < -0.39 is 0 Å². The number of hydrogen-bond acceptors (Lipinski definition) is 4.